The molecule has 0 saturated carbocycles. The van der Waals surface area contributed by atoms with Gasteiger partial charge in [-0.2, -0.15) is 0 Å². The fourth-order valence-corrected chi connectivity index (χ4v) is 2.60. The molecule has 5 heteroatoms. The summed E-state index contributed by atoms with van der Waals surface area (Å²) in [6, 6.07) is 10.5. The summed E-state index contributed by atoms with van der Waals surface area (Å²) in [6.45, 7) is 2.04. The monoisotopic (exact) mass is 302 g/mol. The summed E-state index contributed by atoms with van der Waals surface area (Å²) in [5.74, 6) is -2.11. The number of rotatable bonds is 3. The highest BCUT2D eigenvalue weighted by Gasteiger charge is 2.15. The number of hydrogen-bond acceptors (Lipinski definition) is 2. The van der Waals surface area contributed by atoms with Crippen molar-refractivity contribution in [1.82, 2.24) is 0 Å². The number of nitrogens with one attached hydrogen (secondary N) is 1. The van der Waals surface area contributed by atoms with Gasteiger partial charge in [0.2, 0.25) is 0 Å². The molecule has 22 heavy (non-hydrogen) atoms. The summed E-state index contributed by atoms with van der Waals surface area (Å²) in [5.41, 5.74) is 1.01. The number of carbonyl (C=O) groups is 1. The fourth-order valence-electron chi connectivity index (χ4n) is 2.60. The van der Waals surface area contributed by atoms with Gasteiger partial charge in [0.15, 0.2) is 0 Å². The quantitative estimate of drug-likeness (QED) is 0.935. The number of anilines is 2. The molecule has 0 atom stereocenters. The van der Waals surface area contributed by atoms with Gasteiger partial charge in [-0.3, -0.25) is 4.79 Å². The number of hydrogen-bond donors (Lipinski definition) is 1. The molecule has 0 aromatic heterocycles. The zero-order chi connectivity index (χ0) is 15.5. The first kappa shape index (κ1) is 14.5. The molecule has 0 bridgehead atoms. The first-order chi connectivity index (χ1) is 10.6. The highest BCUT2D eigenvalue weighted by molar-refractivity contribution is 6.04. The lowest BCUT2D eigenvalue weighted by Crippen LogP contribution is -2.18. The molecule has 0 radical (unpaired) electrons. The zero-order valence-electron chi connectivity index (χ0n) is 12.0. The van der Waals surface area contributed by atoms with Crippen LogP contribution in [0.1, 0.15) is 23.2 Å². The molecule has 1 fully saturated rings. The molecule has 3 rings (SSSR count). The summed E-state index contributed by atoms with van der Waals surface area (Å²) in [6.07, 6.45) is 2.35. The third-order valence-corrected chi connectivity index (χ3v) is 3.80. The number of carbonyl (C=O) groups excluding carboxylic acids is 1. The van der Waals surface area contributed by atoms with Gasteiger partial charge in [0.1, 0.15) is 17.3 Å². The molecule has 3 nitrogen and oxygen atoms in total. The van der Waals surface area contributed by atoms with E-state index in [1.54, 1.807) is 12.1 Å². The van der Waals surface area contributed by atoms with Gasteiger partial charge in [-0.25, -0.2) is 8.78 Å². The highest BCUT2D eigenvalue weighted by atomic mass is 19.1. The van der Waals surface area contributed by atoms with Crippen LogP contribution >= 0.6 is 0 Å². The highest BCUT2D eigenvalue weighted by Crippen LogP contribution is 2.22. The molecule has 1 amide bonds. The van der Waals surface area contributed by atoms with E-state index < -0.39 is 23.2 Å². The summed E-state index contributed by atoms with van der Waals surface area (Å²) in [5, 5.41) is 2.28. The minimum Gasteiger partial charge on any atom is -0.372 e. The number of amides is 1. The van der Waals surface area contributed by atoms with E-state index in [0.29, 0.717) is 5.56 Å². The van der Waals surface area contributed by atoms with Crippen LogP contribution in [0.3, 0.4) is 0 Å². The SMILES string of the molecule is O=C(Nc1c(F)cccc1F)c1ccc(N2CCCC2)cc1. The van der Waals surface area contributed by atoms with E-state index in [0.717, 1.165) is 30.9 Å². The summed E-state index contributed by atoms with van der Waals surface area (Å²) in [7, 11) is 0. The van der Waals surface area contributed by atoms with Crippen LogP contribution in [-0.4, -0.2) is 19.0 Å². The van der Waals surface area contributed by atoms with E-state index in [1.807, 2.05) is 12.1 Å². The Kier molecular flexibility index (Phi) is 4.04. The van der Waals surface area contributed by atoms with Crippen LogP contribution in [0.2, 0.25) is 0 Å². The Balaban J connectivity index is 1.75. The van der Waals surface area contributed by atoms with Crippen molar-refractivity contribution in [2.75, 3.05) is 23.3 Å². The molecule has 1 N–H and O–H groups in total. The average molecular weight is 302 g/mol. The lowest BCUT2D eigenvalue weighted by Gasteiger charge is -2.17. The van der Waals surface area contributed by atoms with Gasteiger partial charge in [-0.15, -0.1) is 0 Å². The van der Waals surface area contributed by atoms with Gasteiger partial charge in [-0.1, -0.05) is 6.07 Å². The van der Waals surface area contributed by atoms with Crippen LogP contribution in [0.5, 0.6) is 0 Å². The van der Waals surface area contributed by atoms with Crippen LogP contribution in [0.25, 0.3) is 0 Å². The second kappa shape index (κ2) is 6.13. The number of para-hydroxylation sites is 1. The third kappa shape index (κ3) is 2.93. The number of nitrogens with zero attached hydrogens (tertiary/aromatic N) is 1. The molecule has 1 saturated heterocycles. The molecule has 0 aliphatic carbocycles. The van der Waals surface area contributed by atoms with Crippen molar-refractivity contribution in [3.63, 3.8) is 0 Å². The Morgan fingerprint density at radius 1 is 0.955 bits per heavy atom. The lowest BCUT2D eigenvalue weighted by atomic mass is 10.1. The maximum Gasteiger partial charge on any atom is 0.255 e. The Morgan fingerprint density at radius 2 is 1.55 bits per heavy atom. The molecule has 2 aromatic carbocycles. The molecular formula is C17H16F2N2O. The van der Waals surface area contributed by atoms with Crippen molar-refractivity contribution < 1.29 is 13.6 Å². The van der Waals surface area contributed by atoms with Crippen LogP contribution in [0.4, 0.5) is 20.2 Å². The Hall–Kier alpha value is -2.43. The molecule has 114 valence electrons. The van der Waals surface area contributed by atoms with Crippen molar-refractivity contribution in [1.29, 1.82) is 0 Å². The minimum absolute atomic E-state index is 0.366. The first-order valence-corrected chi connectivity index (χ1v) is 7.25. The van der Waals surface area contributed by atoms with Crippen molar-refractivity contribution in [3.8, 4) is 0 Å². The van der Waals surface area contributed by atoms with Crippen molar-refractivity contribution in [2.45, 2.75) is 12.8 Å². The molecule has 0 spiro atoms. The van der Waals surface area contributed by atoms with Crippen molar-refractivity contribution in [2.24, 2.45) is 0 Å². The topological polar surface area (TPSA) is 32.3 Å². The fraction of sp³-hybridized carbons (Fsp3) is 0.235. The van der Waals surface area contributed by atoms with E-state index in [9.17, 15) is 13.6 Å². The second-order valence-corrected chi connectivity index (χ2v) is 5.29. The van der Waals surface area contributed by atoms with E-state index in [1.165, 1.54) is 18.9 Å². The smallest absolute Gasteiger partial charge is 0.255 e. The maximum absolute atomic E-state index is 13.5. The normalized spacial score (nSPS) is 14.2. The van der Waals surface area contributed by atoms with Crippen LogP contribution < -0.4 is 10.2 Å². The maximum atomic E-state index is 13.5. The van der Waals surface area contributed by atoms with E-state index >= 15 is 0 Å². The van der Waals surface area contributed by atoms with E-state index in [2.05, 4.69) is 10.2 Å². The third-order valence-electron chi connectivity index (χ3n) is 3.80. The van der Waals surface area contributed by atoms with Crippen molar-refractivity contribution in [3.05, 3.63) is 59.7 Å². The predicted molar refractivity (Wildman–Crippen MR) is 82.2 cm³/mol. The minimum atomic E-state index is -0.790. The number of benzene rings is 2. The van der Waals surface area contributed by atoms with Crippen LogP contribution in [0, 0.1) is 11.6 Å². The lowest BCUT2D eigenvalue weighted by molar-refractivity contribution is 0.102. The Bertz CT molecular complexity index is 659. The molecule has 1 heterocycles. The summed E-state index contributed by atoms with van der Waals surface area (Å²) in [4.78, 5) is 14.3. The summed E-state index contributed by atoms with van der Waals surface area (Å²) >= 11 is 0. The van der Waals surface area contributed by atoms with E-state index in [-0.39, 0.29) is 0 Å². The predicted octanol–water partition coefficient (Wildman–Crippen LogP) is 3.82. The zero-order valence-corrected chi connectivity index (χ0v) is 12.0. The van der Waals surface area contributed by atoms with E-state index in [4.69, 9.17) is 0 Å². The molecular weight excluding hydrogens is 286 g/mol. The van der Waals surface area contributed by atoms with Gasteiger partial charge >= 0.3 is 0 Å². The van der Waals surface area contributed by atoms with Crippen LogP contribution in [0.15, 0.2) is 42.5 Å². The molecule has 2 aromatic rings. The molecule has 0 unspecified atom stereocenters. The molecule has 1 aliphatic rings. The second-order valence-electron chi connectivity index (χ2n) is 5.29. The van der Waals surface area contributed by atoms with Gasteiger partial charge in [0.25, 0.3) is 5.91 Å². The summed E-state index contributed by atoms with van der Waals surface area (Å²) < 4.78 is 27.1. The van der Waals surface area contributed by atoms with Gasteiger partial charge < -0.3 is 10.2 Å². The van der Waals surface area contributed by atoms with Crippen LogP contribution in [-0.2, 0) is 0 Å². The number of halogens is 2. The molecule has 1 aliphatic heterocycles. The Morgan fingerprint density at radius 3 is 2.14 bits per heavy atom. The van der Waals surface area contributed by atoms with Gasteiger partial charge in [0, 0.05) is 24.3 Å². The standard InChI is InChI=1S/C17H16F2N2O/c18-14-4-3-5-15(19)16(14)20-17(22)12-6-8-13(9-7-12)21-10-1-2-11-21/h3-9H,1-2,10-11H2,(H,20,22). The average Bonchev–Trinajstić information content (AvgIpc) is 3.05. The Labute approximate surface area is 127 Å². The van der Waals surface area contributed by atoms with Crippen molar-refractivity contribution >= 4 is 17.3 Å². The largest absolute Gasteiger partial charge is 0.372 e. The van der Waals surface area contributed by atoms with Gasteiger partial charge in [-0.05, 0) is 49.2 Å². The first-order valence-electron chi connectivity index (χ1n) is 7.25. The van der Waals surface area contributed by atoms with Gasteiger partial charge in [0.05, 0.1) is 0 Å².